The molecule has 0 saturated heterocycles. The van der Waals surface area contributed by atoms with Gasteiger partial charge in [-0.25, -0.2) is 0 Å². The molecule has 0 radical (unpaired) electrons. The normalized spacial score (nSPS) is 12.3. The van der Waals surface area contributed by atoms with Gasteiger partial charge in [-0.3, -0.25) is 4.79 Å². The summed E-state index contributed by atoms with van der Waals surface area (Å²) in [7, 11) is 0. The fraction of sp³-hybridized carbons (Fsp3) is 0.562. The van der Waals surface area contributed by atoms with Gasteiger partial charge in [0.1, 0.15) is 5.75 Å². The van der Waals surface area contributed by atoms with Crippen molar-refractivity contribution in [3.63, 3.8) is 0 Å². The number of carbonyl (C=O) groups is 1. The summed E-state index contributed by atoms with van der Waals surface area (Å²) in [5.74, 6) is 0.00755. The van der Waals surface area contributed by atoms with Crippen LogP contribution in [0, 0.1) is 5.41 Å². The van der Waals surface area contributed by atoms with Gasteiger partial charge in [0.05, 0.1) is 12.0 Å². The lowest BCUT2D eigenvalue weighted by atomic mass is 9.87. The average Bonchev–Trinajstić information content (AvgIpc) is 2.28. The minimum Gasteiger partial charge on any atom is -0.494 e. The molecule has 0 heterocycles. The van der Waals surface area contributed by atoms with Crippen molar-refractivity contribution in [3.8, 4) is 5.75 Å². The summed E-state index contributed by atoms with van der Waals surface area (Å²) in [5.41, 5.74) is 0.545. The molecule has 106 valence electrons. The average molecular weight is 264 g/mol. The molecule has 1 aromatic carbocycles. The minimum atomic E-state index is -0.792. The van der Waals surface area contributed by atoms with Crippen LogP contribution in [0.15, 0.2) is 24.3 Å². The molecule has 1 aromatic rings. The molecule has 1 N–H and O–H groups in total. The third-order valence-corrected chi connectivity index (χ3v) is 3.27. The molecule has 0 amide bonds. The fourth-order valence-electron chi connectivity index (χ4n) is 1.58. The van der Waals surface area contributed by atoms with Crippen molar-refractivity contribution < 1.29 is 14.6 Å². The van der Waals surface area contributed by atoms with Gasteiger partial charge in [-0.05, 0) is 43.4 Å². The maximum Gasteiger partial charge on any atom is 0.309 e. The Kier molecular flexibility index (Phi) is 4.61. The Bertz CT molecular complexity index is 442. The summed E-state index contributed by atoms with van der Waals surface area (Å²) >= 11 is 0. The Hall–Kier alpha value is -1.51. The lowest BCUT2D eigenvalue weighted by Crippen LogP contribution is -2.25. The molecule has 1 rings (SSSR count). The standard InChI is InChI=1S/C16H24O3/c1-15(2,3)12-7-6-8-13(11-12)19-10-9-16(4,5)14(17)18/h6-8,11H,9-10H2,1-5H3,(H,17,18). The highest BCUT2D eigenvalue weighted by molar-refractivity contribution is 5.73. The lowest BCUT2D eigenvalue weighted by molar-refractivity contribution is -0.147. The van der Waals surface area contributed by atoms with Gasteiger partial charge in [-0.1, -0.05) is 32.9 Å². The van der Waals surface area contributed by atoms with Crippen molar-refractivity contribution in [2.45, 2.75) is 46.5 Å². The lowest BCUT2D eigenvalue weighted by Gasteiger charge is -2.21. The highest BCUT2D eigenvalue weighted by Gasteiger charge is 2.26. The zero-order valence-corrected chi connectivity index (χ0v) is 12.5. The summed E-state index contributed by atoms with van der Waals surface area (Å²) in [4.78, 5) is 11.0. The molecule has 3 nitrogen and oxygen atoms in total. The molecule has 0 aliphatic heterocycles. The minimum absolute atomic E-state index is 0.0830. The van der Waals surface area contributed by atoms with Crippen molar-refractivity contribution in [2.24, 2.45) is 5.41 Å². The van der Waals surface area contributed by atoms with Crippen LogP contribution >= 0.6 is 0 Å². The number of benzene rings is 1. The van der Waals surface area contributed by atoms with Gasteiger partial charge in [-0.2, -0.15) is 0 Å². The second-order valence-electron chi connectivity index (χ2n) is 6.57. The van der Waals surface area contributed by atoms with Crippen molar-refractivity contribution in [1.82, 2.24) is 0 Å². The van der Waals surface area contributed by atoms with Crippen LogP contribution in [0.25, 0.3) is 0 Å². The molecule has 0 bridgehead atoms. The first-order valence-corrected chi connectivity index (χ1v) is 6.60. The van der Waals surface area contributed by atoms with Crippen LogP contribution in [-0.4, -0.2) is 17.7 Å². The molecule has 0 atom stereocenters. The SMILES string of the molecule is CC(C)(CCOc1cccc(C(C)(C)C)c1)C(=O)O. The van der Waals surface area contributed by atoms with Crippen LogP contribution in [0.4, 0.5) is 0 Å². The van der Waals surface area contributed by atoms with Gasteiger partial charge < -0.3 is 9.84 Å². The Morgan fingerprint density at radius 1 is 1.21 bits per heavy atom. The van der Waals surface area contributed by atoms with Crippen molar-refractivity contribution in [2.75, 3.05) is 6.61 Å². The first-order valence-electron chi connectivity index (χ1n) is 6.60. The van der Waals surface area contributed by atoms with E-state index in [1.807, 2.05) is 18.2 Å². The molecular formula is C16H24O3. The van der Waals surface area contributed by atoms with E-state index < -0.39 is 11.4 Å². The maximum atomic E-state index is 11.0. The second-order valence-corrected chi connectivity index (χ2v) is 6.57. The van der Waals surface area contributed by atoms with Crippen molar-refractivity contribution in [1.29, 1.82) is 0 Å². The number of ether oxygens (including phenoxy) is 1. The summed E-state index contributed by atoms with van der Waals surface area (Å²) in [6, 6.07) is 7.98. The van der Waals surface area contributed by atoms with Crippen molar-refractivity contribution >= 4 is 5.97 Å². The van der Waals surface area contributed by atoms with Crippen LogP contribution < -0.4 is 4.74 Å². The predicted octanol–water partition coefficient (Wildman–Crippen LogP) is 3.86. The predicted molar refractivity (Wildman–Crippen MR) is 76.7 cm³/mol. The van der Waals surface area contributed by atoms with Crippen LogP contribution in [-0.2, 0) is 10.2 Å². The number of hydrogen-bond acceptors (Lipinski definition) is 2. The number of aliphatic carboxylic acids is 1. The zero-order valence-electron chi connectivity index (χ0n) is 12.5. The van der Waals surface area contributed by atoms with Crippen LogP contribution in [0.3, 0.4) is 0 Å². The van der Waals surface area contributed by atoms with E-state index in [0.717, 1.165) is 5.75 Å². The molecule has 0 unspecified atom stereocenters. The Balaban J connectivity index is 2.62. The van der Waals surface area contributed by atoms with E-state index in [-0.39, 0.29) is 5.41 Å². The Labute approximate surface area is 115 Å². The Morgan fingerprint density at radius 3 is 2.37 bits per heavy atom. The van der Waals surface area contributed by atoms with Crippen LogP contribution in [0.1, 0.15) is 46.6 Å². The summed E-state index contributed by atoms with van der Waals surface area (Å²) in [5, 5.41) is 9.03. The number of hydrogen-bond donors (Lipinski definition) is 1. The molecular weight excluding hydrogens is 240 g/mol. The van der Waals surface area contributed by atoms with Crippen molar-refractivity contribution in [3.05, 3.63) is 29.8 Å². The topological polar surface area (TPSA) is 46.5 Å². The first-order chi connectivity index (χ1) is 8.63. The second kappa shape index (κ2) is 5.64. The van der Waals surface area contributed by atoms with Gasteiger partial charge in [-0.15, -0.1) is 0 Å². The Morgan fingerprint density at radius 2 is 1.84 bits per heavy atom. The molecule has 0 spiro atoms. The van der Waals surface area contributed by atoms with E-state index in [9.17, 15) is 4.79 Å². The fourth-order valence-corrected chi connectivity index (χ4v) is 1.58. The monoisotopic (exact) mass is 264 g/mol. The third-order valence-electron chi connectivity index (χ3n) is 3.27. The zero-order chi connectivity index (χ0) is 14.7. The maximum absolute atomic E-state index is 11.0. The van der Waals surface area contributed by atoms with Crippen LogP contribution in [0.2, 0.25) is 0 Å². The molecule has 0 fully saturated rings. The number of carboxylic acid groups (broad SMARTS) is 1. The highest BCUT2D eigenvalue weighted by Crippen LogP contribution is 2.26. The molecule has 3 heteroatoms. The number of rotatable bonds is 5. The molecule has 0 saturated carbocycles. The van der Waals surface area contributed by atoms with Gasteiger partial charge >= 0.3 is 5.97 Å². The van der Waals surface area contributed by atoms with Gasteiger partial charge in [0, 0.05) is 0 Å². The van der Waals surface area contributed by atoms with Crippen LogP contribution in [0.5, 0.6) is 5.75 Å². The van der Waals surface area contributed by atoms with Gasteiger partial charge in [0.15, 0.2) is 0 Å². The molecule has 0 aromatic heterocycles. The number of carboxylic acids is 1. The highest BCUT2D eigenvalue weighted by atomic mass is 16.5. The summed E-state index contributed by atoms with van der Waals surface area (Å²) < 4.78 is 5.66. The largest absolute Gasteiger partial charge is 0.494 e. The van der Waals surface area contributed by atoms with E-state index in [4.69, 9.17) is 9.84 Å². The molecule has 0 aliphatic carbocycles. The summed E-state index contributed by atoms with van der Waals surface area (Å²) in [6.07, 6.45) is 0.488. The first kappa shape index (κ1) is 15.5. The van der Waals surface area contributed by atoms with E-state index in [1.165, 1.54) is 5.56 Å². The molecule has 0 aliphatic rings. The van der Waals surface area contributed by atoms with E-state index in [0.29, 0.717) is 13.0 Å². The smallest absolute Gasteiger partial charge is 0.309 e. The van der Waals surface area contributed by atoms with Gasteiger partial charge in [0.25, 0.3) is 0 Å². The van der Waals surface area contributed by atoms with E-state index in [1.54, 1.807) is 13.8 Å². The van der Waals surface area contributed by atoms with E-state index in [2.05, 4.69) is 26.8 Å². The third kappa shape index (κ3) is 4.58. The quantitative estimate of drug-likeness (QED) is 0.878. The van der Waals surface area contributed by atoms with E-state index >= 15 is 0 Å². The molecule has 19 heavy (non-hydrogen) atoms. The van der Waals surface area contributed by atoms with Gasteiger partial charge in [0.2, 0.25) is 0 Å². The summed E-state index contributed by atoms with van der Waals surface area (Å²) in [6.45, 7) is 10.3.